The van der Waals surface area contributed by atoms with Gasteiger partial charge in [-0.3, -0.25) is 0 Å². The van der Waals surface area contributed by atoms with Gasteiger partial charge in [0.15, 0.2) is 11.6 Å². The molecule has 0 spiro atoms. The molecule has 0 radical (unpaired) electrons. The summed E-state index contributed by atoms with van der Waals surface area (Å²) in [5.74, 6) is -0.259. The smallest absolute Gasteiger partial charge is 0.222 e. The number of benzene rings is 1. The van der Waals surface area contributed by atoms with Gasteiger partial charge in [-0.25, -0.2) is 9.37 Å². The molecule has 1 heterocycles. The minimum absolute atomic E-state index is 0.00981. The van der Waals surface area contributed by atoms with Crippen molar-refractivity contribution in [2.75, 3.05) is 5.73 Å². The van der Waals surface area contributed by atoms with E-state index in [2.05, 4.69) is 4.98 Å². The van der Waals surface area contributed by atoms with Crippen LogP contribution in [0, 0.1) is 12.7 Å². The standard InChI is InChI=1S/C12H10ClFN2O/c1-7-5-8(15)6-16-12(7)17-10-4-2-3-9(13)11(10)14/h2-6H,15H2,1H3. The van der Waals surface area contributed by atoms with Crippen molar-refractivity contribution in [1.82, 2.24) is 4.98 Å². The Morgan fingerprint density at radius 3 is 2.88 bits per heavy atom. The fourth-order valence-corrected chi connectivity index (χ4v) is 1.52. The van der Waals surface area contributed by atoms with E-state index in [1.54, 1.807) is 19.1 Å². The van der Waals surface area contributed by atoms with E-state index < -0.39 is 5.82 Å². The normalized spacial score (nSPS) is 10.3. The Labute approximate surface area is 103 Å². The lowest BCUT2D eigenvalue weighted by molar-refractivity contribution is 0.425. The first-order chi connectivity index (χ1) is 8.08. The number of aromatic nitrogens is 1. The minimum atomic E-state index is -0.604. The van der Waals surface area contributed by atoms with Crippen LogP contribution in [0.5, 0.6) is 11.6 Å². The zero-order valence-corrected chi connectivity index (χ0v) is 9.83. The predicted octanol–water partition coefficient (Wildman–Crippen LogP) is 3.56. The Kier molecular flexibility index (Phi) is 3.15. The van der Waals surface area contributed by atoms with Crippen molar-refractivity contribution in [3.63, 3.8) is 0 Å². The highest BCUT2D eigenvalue weighted by atomic mass is 35.5. The van der Waals surface area contributed by atoms with Crippen LogP contribution in [0.25, 0.3) is 0 Å². The van der Waals surface area contributed by atoms with Gasteiger partial charge in [0.1, 0.15) is 0 Å². The molecule has 0 saturated carbocycles. The molecule has 0 saturated heterocycles. The van der Waals surface area contributed by atoms with Gasteiger partial charge >= 0.3 is 0 Å². The van der Waals surface area contributed by atoms with E-state index in [0.717, 1.165) is 5.56 Å². The number of ether oxygens (including phenoxy) is 1. The highest BCUT2D eigenvalue weighted by Gasteiger charge is 2.10. The number of hydrogen-bond donors (Lipinski definition) is 1. The molecule has 1 aromatic heterocycles. The van der Waals surface area contributed by atoms with Crippen molar-refractivity contribution in [3.8, 4) is 11.6 Å². The lowest BCUT2D eigenvalue weighted by atomic mass is 10.3. The molecule has 0 fully saturated rings. The number of nitrogen functional groups attached to an aromatic ring is 1. The van der Waals surface area contributed by atoms with E-state index >= 15 is 0 Å². The molecule has 0 aliphatic carbocycles. The van der Waals surface area contributed by atoms with Crippen molar-refractivity contribution >= 4 is 17.3 Å². The second-order valence-corrected chi connectivity index (χ2v) is 3.95. The Morgan fingerprint density at radius 2 is 2.18 bits per heavy atom. The van der Waals surface area contributed by atoms with E-state index in [4.69, 9.17) is 22.1 Å². The molecule has 0 aliphatic heterocycles. The van der Waals surface area contributed by atoms with E-state index in [0.29, 0.717) is 11.6 Å². The Balaban J connectivity index is 2.35. The maximum absolute atomic E-state index is 13.6. The summed E-state index contributed by atoms with van der Waals surface area (Å²) in [4.78, 5) is 3.99. The average molecular weight is 253 g/mol. The number of nitrogens with two attached hydrogens (primary N) is 1. The van der Waals surface area contributed by atoms with Crippen LogP contribution in [0.2, 0.25) is 5.02 Å². The summed E-state index contributed by atoms with van der Waals surface area (Å²) in [5.41, 5.74) is 6.82. The molecule has 88 valence electrons. The first kappa shape index (κ1) is 11.7. The van der Waals surface area contributed by atoms with Gasteiger partial charge in [-0.05, 0) is 25.1 Å². The van der Waals surface area contributed by atoms with Gasteiger partial charge in [0, 0.05) is 5.56 Å². The Bertz CT molecular complexity index is 560. The summed E-state index contributed by atoms with van der Waals surface area (Å²) in [6.45, 7) is 1.78. The van der Waals surface area contributed by atoms with Crippen molar-refractivity contribution in [2.45, 2.75) is 6.92 Å². The third-order valence-corrected chi connectivity index (χ3v) is 2.47. The summed E-state index contributed by atoms with van der Waals surface area (Å²) < 4.78 is 18.9. The summed E-state index contributed by atoms with van der Waals surface area (Å²) in [7, 11) is 0. The van der Waals surface area contributed by atoms with Crippen LogP contribution in [0.3, 0.4) is 0 Å². The van der Waals surface area contributed by atoms with Gasteiger partial charge in [-0.15, -0.1) is 0 Å². The molecule has 5 heteroatoms. The lowest BCUT2D eigenvalue weighted by Crippen LogP contribution is -1.95. The predicted molar refractivity (Wildman–Crippen MR) is 64.9 cm³/mol. The largest absolute Gasteiger partial charge is 0.436 e. The maximum Gasteiger partial charge on any atom is 0.222 e. The van der Waals surface area contributed by atoms with E-state index in [1.165, 1.54) is 18.3 Å². The van der Waals surface area contributed by atoms with Gasteiger partial charge in [-0.2, -0.15) is 0 Å². The molecule has 2 aromatic rings. The summed E-state index contributed by atoms with van der Waals surface area (Å²) in [5, 5.41) is 0.00981. The van der Waals surface area contributed by atoms with Crippen LogP contribution in [0.4, 0.5) is 10.1 Å². The van der Waals surface area contributed by atoms with Crippen LogP contribution >= 0.6 is 11.6 Å². The van der Waals surface area contributed by atoms with Crippen LogP contribution in [0.15, 0.2) is 30.5 Å². The Hall–Kier alpha value is -1.81. The first-order valence-corrected chi connectivity index (χ1v) is 5.29. The second kappa shape index (κ2) is 4.59. The highest BCUT2D eigenvalue weighted by Crippen LogP contribution is 2.29. The maximum atomic E-state index is 13.6. The lowest BCUT2D eigenvalue weighted by Gasteiger charge is -2.09. The number of halogens is 2. The zero-order valence-electron chi connectivity index (χ0n) is 9.08. The second-order valence-electron chi connectivity index (χ2n) is 3.54. The monoisotopic (exact) mass is 252 g/mol. The van der Waals surface area contributed by atoms with Crippen LogP contribution in [0.1, 0.15) is 5.56 Å². The Morgan fingerprint density at radius 1 is 1.41 bits per heavy atom. The molecular weight excluding hydrogens is 243 g/mol. The molecule has 3 nitrogen and oxygen atoms in total. The molecule has 0 bridgehead atoms. The van der Waals surface area contributed by atoms with Crippen molar-refractivity contribution in [1.29, 1.82) is 0 Å². The van der Waals surface area contributed by atoms with Crippen LogP contribution < -0.4 is 10.5 Å². The van der Waals surface area contributed by atoms with Crippen molar-refractivity contribution in [2.24, 2.45) is 0 Å². The first-order valence-electron chi connectivity index (χ1n) is 4.92. The molecule has 2 rings (SSSR count). The van der Waals surface area contributed by atoms with Gasteiger partial charge in [-0.1, -0.05) is 17.7 Å². The summed E-state index contributed by atoms with van der Waals surface area (Å²) in [6.07, 6.45) is 1.45. The molecule has 0 aliphatic rings. The molecule has 0 unspecified atom stereocenters. The van der Waals surface area contributed by atoms with Crippen LogP contribution in [-0.4, -0.2) is 4.98 Å². The summed E-state index contributed by atoms with van der Waals surface area (Å²) in [6, 6.07) is 6.24. The zero-order chi connectivity index (χ0) is 12.4. The summed E-state index contributed by atoms with van der Waals surface area (Å²) >= 11 is 5.65. The molecule has 0 atom stereocenters. The fraction of sp³-hybridized carbons (Fsp3) is 0.0833. The molecule has 0 amide bonds. The average Bonchev–Trinajstić information content (AvgIpc) is 2.28. The topological polar surface area (TPSA) is 48.1 Å². The van der Waals surface area contributed by atoms with E-state index in [-0.39, 0.29) is 10.8 Å². The number of aryl methyl sites for hydroxylation is 1. The van der Waals surface area contributed by atoms with Crippen molar-refractivity contribution in [3.05, 3.63) is 46.9 Å². The number of hydrogen-bond acceptors (Lipinski definition) is 3. The fourth-order valence-electron chi connectivity index (χ4n) is 1.36. The third kappa shape index (κ3) is 2.47. The van der Waals surface area contributed by atoms with Gasteiger partial charge < -0.3 is 10.5 Å². The van der Waals surface area contributed by atoms with Gasteiger partial charge in [0.25, 0.3) is 0 Å². The van der Waals surface area contributed by atoms with Gasteiger partial charge in [0.2, 0.25) is 5.88 Å². The van der Waals surface area contributed by atoms with Crippen LogP contribution in [-0.2, 0) is 0 Å². The SMILES string of the molecule is Cc1cc(N)cnc1Oc1cccc(Cl)c1F. The third-order valence-electron chi connectivity index (χ3n) is 2.17. The number of anilines is 1. The molecular formula is C12H10ClFN2O. The number of nitrogens with zero attached hydrogens (tertiary/aromatic N) is 1. The quantitative estimate of drug-likeness (QED) is 0.889. The minimum Gasteiger partial charge on any atom is -0.436 e. The highest BCUT2D eigenvalue weighted by molar-refractivity contribution is 6.30. The van der Waals surface area contributed by atoms with Crippen molar-refractivity contribution < 1.29 is 9.13 Å². The molecule has 2 N–H and O–H groups in total. The van der Waals surface area contributed by atoms with E-state index in [1.807, 2.05) is 0 Å². The van der Waals surface area contributed by atoms with Gasteiger partial charge in [0.05, 0.1) is 16.9 Å². The number of rotatable bonds is 2. The molecule has 17 heavy (non-hydrogen) atoms. The number of pyridine rings is 1. The van der Waals surface area contributed by atoms with E-state index in [9.17, 15) is 4.39 Å². The molecule has 1 aromatic carbocycles.